The van der Waals surface area contributed by atoms with E-state index < -0.39 is 0 Å². The van der Waals surface area contributed by atoms with Crippen molar-refractivity contribution in [1.82, 2.24) is 10.2 Å². The van der Waals surface area contributed by atoms with Crippen LogP contribution in [0.1, 0.15) is 16.7 Å². The topological polar surface area (TPSA) is 54.4 Å². The molecule has 2 aromatic heterocycles. The van der Waals surface area contributed by atoms with E-state index in [1.54, 1.807) is 17.6 Å². The molecule has 5 heteroatoms. The van der Waals surface area contributed by atoms with Crippen molar-refractivity contribution in [1.29, 1.82) is 0 Å². The molecule has 0 amide bonds. The largest absolute Gasteiger partial charge is 0.468 e. The summed E-state index contributed by atoms with van der Waals surface area (Å²) in [5.41, 5.74) is 6.72. The molecule has 0 bridgehead atoms. The van der Waals surface area contributed by atoms with E-state index in [-0.39, 0.29) is 6.04 Å². The van der Waals surface area contributed by atoms with Gasteiger partial charge in [-0.3, -0.25) is 4.90 Å². The van der Waals surface area contributed by atoms with Crippen molar-refractivity contribution in [3.63, 3.8) is 0 Å². The fourth-order valence-electron chi connectivity index (χ4n) is 1.84. The van der Waals surface area contributed by atoms with Gasteiger partial charge in [0.1, 0.15) is 5.76 Å². The summed E-state index contributed by atoms with van der Waals surface area (Å²) >= 11 is 1.68. The van der Waals surface area contributed by atoms with E-state index in [4.69, 9.17) is 10.2 Å². The van der Waals surface area contributed by atoms with Crippen molar-refractivity contribution in [2.24, 2.45) is 0 Å². The quantitative estimate of drug-likeness (QED) is 0.841. The first-order valence-electron chi connectivity index (χ1n) is 5.91. The number of nitrogen functional groups attached to an aromatic ring is 1. The lowest BCUT2D eigenvalue weighted by Crippen LogP contribution is -2.30. The minimum absolute atomic E-state index is 0.237. The van der Waals surface area contributed by atoms with Gasteiger partial charge in [0.2, 0.25) is 0 Å². The predicted octanol–water partition coefficient (Wildman–Crippen LogP) is 2.32. The predicted molar refractivity (Wildman–Crippen MR) is 75.6 cm³/mol. The van der Waals surface area contributed by atoms with Crippen molar-refractivity contribution in [3.8, 4) is 0 Å². The first-order valence-corrected chi connectivity index (χ1v) is 6.79. The lowest BCUT2D eigenvalue weighted by molar-refractivity contribution is 0.250. The van der Waals surface area contributed by atoms with Crippen LogP contribution < -0.4 is 11.1 Å². The lowest BCUT2D eigenvalue weighted by Gasteiger charge is -2.22. The fraction of sp³-hybridized carbons (Fsp3) is 0.385. The zero-order valence-electron chi connectivity index (χ0n) is 10.7. The van der Waals surface area contributed by atoms with E-state index in [2.05, 4.69) is 10.2 Å². The van der Waals surface area contributed by atoms with Gasteiger partial charge in [-0.1, -0.05) is 0 Å². The van der Waals surface area contributed by atoms with Crippen molar-refractivity contribution in [3.05, 3.63) is 40.5 Å². The Morgan fingerprint density at radius 3 is 2.83 bits per heavy atom. The van der Waals surface area contributed by atoms with E-state index in [1.807, 2.05) is 37.7 Å². The molecule has 3 N–H and O–H groups in total. The number of furan rings is 1. The molecule has 0 aliphatic rings. The summed E-state index contributed by atoms with van der Waals surface area (Å²) in [5, 5.41) is 5.44. The van der Waals surface area contributed by atoms with Gasteiger partial charge in [-0.15, -0.1) is 11.3 Å². The van der Waals surface area contributed by atoms with Crippen molar-refractivity contribution < 1.29 is 4.42 Å². The summed E-state index contributed by atoms with van der Waals surface area (Å²) in [7, 11) is 4.10. The molecule has 2 rings (SSSR count). The first kappa shape index (κ1) is 13.1. The molecule has 98 valence electrons. The Hall–Kier alpha value is -1.30. The second-order valence-corrected chi connectivity index (χ2v) is 5.43. The number of nitrogens with two attached hydrogens (primary N) is 1. The molecule has 4 nitrogen and oxygen atoms in total. The maximum absolute atomic E-state index is 5.85. The number of thiophene rings is 1. The standard InChI is InChI=1S/C13H19N3OS/c1-16(2)11(12-4-3-6-17-12)8-15-9-13-10(14)5-7-18-13/h3-7,11,15H,8-9,14H2,1-2H3. The number of hydrogen-bond acceptors (Lipinski definition) is 5. The minimum Gasteiger partial charge on any atom is -0.468 e. The molecule has 1 atom stereocenters. The second kappa shape index (κ2) is 6.04. The fourth-order valence-corrected chi connectivity index (χ4v) is 2.60. The van der Waals surface area contributed by atoms with Gasteiger partial charge in [-0.2, -0.15) is 0 Å². The summed E-state index contributed by atoms with van der Waals surface area (Å²) in [5.74, 6) is 0.978. The highest BCUT2D eigenvalue weighted by Gasteiger charge is 2.16. The highest BCUT2D eigenvalue weighted by molar-refractivity contribution is 7.10. The number of hydrogen-bond donors (Lipinski definition) is 2. The molecule has 0 saturated heterocycles. The van der Waals surface area contributed by atoms with Gasteiger partial charge >= 0.3 is 0 Å². The summed E-state index contributed by atoms with van der Waals surface area (Å²) < 4.78 is 5.46. The summed E-state index contributed by atoms with van der Waals surface area (Å²) in [6.07, 6.45) is 1.71. The molecule has 0 fully saturated rings. The Morgan fingerprint density at radius 2 is 2.28 bits per heavy atom. The zero-order chi connectivity index (χ0) is 13.0. The smallest absolute Gasteiger partial charge is 0.122 e. The average molecular weight is 265 g/mol. The van der Waals surface area contributed by atoms with Crippen LogP contribution in [-0.4, -0.2) is 25.5 Å². The molecule has 2 aromatic rings. The Kier molecular flexibility index (Phi) is 4.41. The van der Waals surface area contributed by atoms with Crippen molar-refractivity contribution in [2.45, 2.75) is 12.6 Å². The normalized spacial score (nSPS) is 13.1. The molecule has 18 heavy (non-hydrogen) atoms. The Balaban J connectivity index is 1.89. The van der Waals surface area contributed by atoms with E-state index >= 15 is 0 Å². The van der Waals surface area contributed by atoms with Crippen LogP contribution in [0.4, 0.5) is 5.69 Å². The summed E-state index contributed by atoms with van der Waals surface area (Å²) in [6.45, 7) is 1.63. The molecule has 0 aliphatic heterocycles. The molecule has 0 spiro atoms. The second-order valence-electron chi connectivity index (χ2n) is 4.42. The molecule has 2 heterocycles. The van der Waals surface area contributed by atoms with Crippen LogP contribution in [0.15, 0.2) is 34.3 Å². The van der Waals surface area contributed by atoms with E-state index in [9.17, 15) is 0 Å². The third kappa shape index (κ3) is 3.13. The van der Waals surface area contributed by atoms with Gasteiger partial charge in [0.05, 0.1) is 12.3 Å². The van der Waals surface area contributed by atoms with Crippen LogP contribution in [-0.2, 0) is 6.54 Å². The number of nitrogens with one attached hydrogen (secondary N) is 1. The van der Waals surface area contributed by atoms with Gasteiger partial charge < -0.3 is 15.5 Å². The Bertz CT molecular complexity index is 464. The molecule has 0 saturated carbocycles. The highest BCUT2D eigenvalue weighted by atomic mass is 32.1. The van der Waals surface area contributed by atoms with Gasteiger partial charge in [-0.25, -0.2) is 0 Å². The number of anilines is 1. The van der Waals surface area contributed by atoms with Crippen LogP contribution in [0, 0.1) is 0 Å². The van der Waals surface area contributed by atoms with Crippen LogP contribution in [0.5, 0.6) is 0 Å². The third-order valence-electron chi connectivity index (χ3n) is 2.90. The first-order chi connectivity index (χ1) is 8.68. The Morgan fingerprint density at radius 1 is 1.44 bits per heavy atom. The number of rotatable bonds is 6. The van der Waals surface area contributed by atoms with Crippen molar-refractivity contribution in [2.75, 3.05) is 26.4 Å². The van der Waals surface area contributed by atoms with Crippen LogP contribution in [0.3, 0.4) is 0 Å². The van der Waals surface area contributed by atoms with Crippen LogP contribution >= 0.6 is 11.3 Å². The molecule has 0 aliphatic carbocycles. The molecular weight excluding hydrogens is 246 g/mol. The molecule has 0 radical (unpaired) electrons. The van der Waals surface area contributed by atoms with E-state index in [1.165, 1.54) is 4.88 Å². The monoisotopic (exact) mass is 265 g/mol. The molecular formula is C13H19N3OS. The van der Waals surface area contributed by atoms with Gasteiger partial charge in [0, 0.05) is 23.7 Å². The van der Waals surface area contributed by atoms with Gasteiger partial charge in [0.25, 0.3) is 0 Å². The highest BCUT2D eigenvalue weighted by Crippen LogP contribution is 2.20. The zero-order valence-corrected chi connectivity index (χ0v) is 11.5. The summed E-state index contributed by atoms with van der Waals surface area (Å²) in [6, 6.07) is 6.10. The Labute approximate surface area is 111 Å². The lowest BCUT2D eigenvalue weighted by atomic mass is 10.2. The van der Waals surface area contributed by atoms with Crippen LogP contribution in [0.25, 0.3) is 0 Å². The maximum atomic E-state index is 5.85. The molecule has 0 aromatic carbocycles. The van der Waals surface area contributed by atoms with E-state index in [0.717, 1.165) is 24.5 Å². The maximum Gasteiger partial charge on any atom is 0.122 e. The molecule has 1 unspecified atom stereocenters. The van der Waals surface area contributed by atoms with E-state index in [0.29, 0.717) is 0 Å². The number of nitrogens with zero attached hydrogens (tertiary/aromatic N) is 1. The van der Waals surface area contributed by atoms with Gasteiger partial charge in [-0.05, 0) is 37.7 Å². The SMILES string of the molecule is CN(C)C(CNCc1sccc1N)c1ccco1. The number of likely N-dealkylation sites (N-methyl/N-ethyl adjacent to an activating group) is 1. The van der Waals surface area contributed by atoms with Gasteiger partial charge in [0.15, 0.2) is 0 Å². The third-order valence-corrected chi connectivity index (χ3v) is 3.83. The summed E-state index contributed by atoms with van der Waals surface area (Å²) in [4.78, 5) is 3.33. The van der Waals surface area contributed by atoms with Crippen molar-refractivity contribution >= 4 is 17.0 Å². The minimum atomic E-state index is 0.237. The average Bonchev–Trinajstić information content (AvgIpc) is 2.96. The van der Waals surface area contributed by atoms with Crippen LogP contribution in [0.2, 0.25) is 0 Å².